The summed E-state index contributed by atoms with van der Waals surface area (Å²) >= 11 is 0. The van der Waals surface area contributed by atoms with Gasteiger partial charge in [0.1, 0.15) is 0 Å². The minimum atomic E-state index is -0.0392. The first-order valence-electron chi connectivity index (χ1n) is 7.56. The molecule has 4 heterocycles. The summed E-state index contributed by atoms with van der Waals surface area (Å²) in [7, 11) is 0. The van der Waals surface area contributed by atoms with Crippen molar-refractivity contribution in [1.29, 1.82) is 0 Å². The van der Waals surface area contributed by atoms with Gasteiger partial charge < -0.3 is 15.1 Å². The molecule has 4 aliphatic rings. The van der Waals surface area contributed by atoms with Gasteiger partial charge in [0.15, 0.2) is 5.75 Å². The van der Waals surface area contributed by atoms with Gasteiger partial charge in [-0.05, 0) is 44.0 Å². The molecule has 1 amide bonds. The fourth-order valence-corrected chi connectivity index (χ4v) is 3.57. The van der Waals surface area contributed by atoms with E-state index < -0.39 is 0 Å². The Balaban J connectivity index is 1.54. The molecule has 0 aliphatic carbocycles. The third kappa shape index (κ3) is 2.27. The van der Waals surface area contributed by atoms with Crippen LogP contribution in [0.25, 0.3) is 6.08 Å². The number of piperidine rings is 3. The van der Waals surface area contributed by atoms with Crippen molar-refractivity contribution in [3.05, 3.63) is 35.5 Å². The number of benzene rings is 1. The fourth-order valence-electron chi connectivity index (χ4n) is 3.57. The van der Waals surface area contributed by atoms with E-state index in [4.69, 9.17) is 4.84 Å². The van der Waals surface area contributed by atoms with Crippen molar-refractivity contribution < 1.29 is 9.63 Å². The number of hydrogen-bond donors (Lipinski definition) is 2. The van der Waals surface area contributed by atoms with Crippen LogP contribution >= 0.6 is 0 Å². The number of fused-ring (bicyclic) bond motifs is 4. The molecule has 5 heteroatoms. The third-order valence-corrected chi connectivity index (χ3v) is 4.75. The van der Waals surface area contributed by atoms with E-state index >= 15 is 0 Å². The molecule has 2 bridgehead atoms. The van der Waals surface area contributed by atoms with E-state index in [1.54, 1.807) is 6.20 Å². The van der Waals surface area contributed by atoms with E-state index in [2.05, 4.69) is 15.7 Å². The number of amides is 1. The van der Waals surface area contributed by atoms with Crippen molar-refractivity contribution in [1.82, 2.24) is 15.7 Å². The van der Waals surface area contributed by atoms with Gasteiger partial charge in [-0.2, -0.15) is 0 Å². The average Bonchev–Trinajstić information content (AvgIpc) is 2.55. The van der Waals surface area contributed by atoms with Crippen molar-refractivity contribution in [2.24, 2.45) is 5.92 Å². The molecule has 3 saturated heterocycles. The summed E-state index contributed by atoms with van der Waals surface area (Å²) in [5.74, 6) is 1.19. The predicted molar refractivity (Wildman–Crippen MR) is 79.7 cm³/mol. The second-order valence-electron chi connectivity index (χ2n) is 6.00. The Bertz CT molecular complexity index is 591. The zero-order valence-electron chi connectivity index (χ0n) is 11.8. The smallest absolute Gasteiger partial charge is 0.255 e. The number of rotatable bonds is 2. The molecule has 21 heavy (non-hydrogen) atoms. The van der Waals surface area contributed by atoms with Crippen molar-refractivity contribution in [3.8, 4) is 5.75 Å². The zero-order chi connectivity index (χ0) is 14.2. The van der Waals surface area contributed by atoms with Crippen LogP contribution < -0.4 is 15.6 Å². The zero-order valence-corrected chi connectivity index (χ0v) is 11.8. The van der Waals surface area contributed by atoms with Crippen molar-refractivity contribution >= 4 is 12.0 Å². The van der Waals surface area contributed by atoms with Crippen LogP contribution in [0.2, 0.25) is 0 Å². The summed E-state index contributed by atoms with van der Waals surface area (Å²) in [6.45, 7) is 3.33. The third-order valence-electron chi connectivity index (χ3n) is 4.75. The molecule has 4 aliphatic heterocycles. The molecule has 5 nitrogen and oxygen atoms in total. The summed E-state index contributed by atoms with van der Waals surface area (Å²) < 4.78 is 0. The molecule has 2 N–H and O–H groups in total. The monoisotopic (exact) mass is 285 g/mol. The number of para-hydroxylation sites is 1. The lowest BCUT2D eigenvalue weighted by Crippen LogP contribution is -2.57. The molecular formula is C16H19N3O2. The normalized spacial score (nSPS) is 29.2. The van der Waals surface area contributed by atoms with Crippen molar-refractivity contribution in [2.45, 2.75) is 18.9 Å². The summed E-state index contributed by atoms with van der Waals surface area (Å²) in [5, 5.41) is 3.20. The summed E-state index contributed by atoms with van der Waals surface area (Å²) in [6.07, 6.45) is 6.01. The lowest BCUT2D eigenvalue weighted by Gasteiger charge is -2.44. The molecule has 1 aromatic carbocycles. The Morgan fingerprint density at radius 2 is 2.19 bits per heavy atom. The van der Waals surface area contributed by atoms with Gasteiger partial charge >= 0.3 is 0 Å². The van der Waals surface area contributed by atoms with Crippen molar-refractivity contribution in [2.75, 3.05) is 19.6 Å². The molecule has 0 radical (unpaired) electrons. The number of carbonyl (C=O) groups excluding carboxylic acids is 1. The van der Waals surface area contributed by atoms with Crippen LogP contribution in [0.15, 0.2) is 24.4 Å². The second-order valence-corrected chi connectivity index (χ2v) is 6.00. The summed E-state index contributed by atoms with van der Waals surface area (Å²) in [6, 6.07) is 5.92. The molecule has 3 fully saturated rings. The molecule has 1 unspecified atom stereocenters. The maximum absolute atomic E-state index is 12.6. The van der Waals surface area contributed by atoms with Gasteiger partial charge in [-0.3, -0.25) is 4.79 Å². The topological polar surface area (TPSA) is 53.6 Å². The van der Waals surface area contributed by atoms with Crippen LogP contribution in [-0.4, -0.2) is 36.5 Å². The van der Waals surface area contributed by atoms with Crippen LogP contribution in [0.5, 0.6) is 5.75 Å². The Kier molecular flexibility index (Phi) is 3.07. The van der Waals surface area contributed by atoms with E-state index in [0.717, 1.165) is 12.1 Å². The molecule has 0 spiro atoms. The lowest BCUT2D eigenvalue weighted by atomic mass is 9.84. The van der Waals surface area contributed by atoms with Gasteiger partial charge in [-0.1, -0.05) is 12.1 Å². The molecule has 110 valence electrons. The van der Waals surface area contributed by atoms with Crippen LogP contribution in [0, 0.1) is 5.92 Å². The Morgan fingerprint density at radius 1 is 1.33 bits per heavy atom. The van der Waals surface area contributed by atoms with Crippen molar-refractivity contribution in [3.63, 3.8) is 0 Å². The average molecular weight is 285 g/mol. The van der Waals surface area contributed by atoms with Crippen LogP contribution in [0.1, 0.15) is 28.8 Å². The van der Waals surface area contributed by atoms with Crippen LogP contribution in [0.3, 0.4) is 0 Å². The first-order valence-corrected chi connectivity index (χ1v) is 7.56. The highest BCUT2D eigenvalue weighted by atomic mass is 16.6. The highest BCUT2D eigenvalue weighted by Gasteiger charge is 2.35. The van der Waals surface area contributed by atoms with Gasteiger partial charge in [0.05, 0.1) is 5.56 Å². The first-order chi connectivity index (χ1) is 10.3. The number of nitrogens with zero attached hydrogens (tertiary/aromatic N) is 1. The maximum atomic E-state index is 12.6. The Labute approximate surface area is 123 Å². The molecule has 5 rings (SSSR count). The second kappa shape index (κ2) is 5.07. The number of hydrogen-bond acceptors (Lipinski definition) is 4. The number of carbonyl (C=O) groups is 1. The molecule has 1 atom stereocenters. The van der Waals surface area contributed by atoms with Gasteiger partial charge in [0.2, 0.25) is 0 Å². The highest BCUT2D eigenvalue weighted by molar-refractivity contribution is 5.98. The maximum Gasteiger partial charge on any atom is 0.255 e. The van der Waals surface area contributed by atoms with E-state index in [0.29, 0.717) is 17.2 Å². The van der Waals surface area contributed by atoms with Gasteiger partial charge in [-0.15, -0.1) is 0 Å². The first kappa shape index (κ1) is 12.7. The largest absolute Gasteiger partial charge is 0.381 e. The predicted octanol–water partition coefficient (Wildman–Crippen LogP) is 1.38. The number of hydroxylamine groups is 1. The summed E-state index contributed by atoms with van der Waals surface area (Å²) in [4.78, 5) is 20.5. The van der Waals surface area contributed by atoms with Crippen LogP contribution in [-0.2, 0) is 0 Å². The fraction of sp³-hybridized carbons (Fsp3) is 0.438. The Morgan fingerprint density at radius 3 is 2.95 bits per heavy atom. The standard InChI is InChI=1S/C16H19N3O2/c20-16(18-14-10-19-8-5-11(14)6-9-19)13-3-1-2-12-4-7-17-21-15(12)13/h1-4,7,11,14,17H,5-6,8-10H2,(H,18,20). The lowest BCUT2D eigenvalue weighted by molar-refractivity contribution is 0.0617. The van der Waals surface area contributed by atoms with Gasteiger partial charge in [0.25, 0.3) is 5.91 Å². The van der Waals surface area contributed by atoms with Crippen LogP contribution in [0.4, 0.5) is 0 Å². The van der Waals surface area contributed by atoms with E-state index in [9.17, 15) is 4.79 Å². The quantitative estimate of drug-likeness (QED) is 0.862. The molecular weight excluding hydrogens is 266 g/mol. The Hall–Kier alpha value is -2.01. The highest BCUT2D eigenvalue weighted by Crippen LogP contribution is 2.30. The van der Waals surface area contributed by atoms with E-state index in [1.165, 1.54) is 25.9 Å². The molecule has 1 aromatic rings. The molecule has 0 saturated carbocycles. The van der Waals surface area contributed by atoms with Gasteiger partial charge in [-0.25, -0.2) is 5.48 Å². The SMILES string of the molecule is O=C(NC1CN2CCC1CC2)c1cccc2c1ONC=C2. The minimum Gasteiger partial charge on any atom is -0.381 e. The number of nitrogens with one attached hydrogen (secondary N) is 2. The van der Waals surface area contributed by atoms with Gasteiger partial charge in [0, 0.05) is 24.4 Å². The minimum absolute atomic E-state index is 0.0392. The summed E-state index contributed by atoms with van der Waals surface area (Å²) in [5.41, 5.74) is 4.22. The molecule has 0 aromatic heterocycles. The van der Waals surface area contributed by atoms with E-state index in [1.807, 2.05) is 24.3 Å². The van der Waals surface area contributed by atoms with E-state index in [-0.39, 0.29) is 11.9 Å².